The fraction of sp³-hybridized carbons (Fsp3) is 0.192. The van der Waals surface area contributed by atoms with E-state index in [-0.39, 0.29) is 0 Å². The summed E-state index contributed by atoms with van der Waals surface area (Å²) in [5.74, 6) is 1.42. The number of thiophene rings is 1. The summed E-state index contributed by atoms with van der Waals surface area (Å²) in [6.07, 6.45) is 3.95. The van der Waals surface area contributed by atoms with Gasteiger partial charge in [0, 0.05) is 47.3 Å². The van der Waals surface area contributed by atoms with E-state index in [4.69, 9.17) is 21.3 Å². The van der Waals surface area contributed by atoms with Crippen LogP contribution < -0.4 is 10.3 Å². The predicted octanol–water partition coefficient (Wildman–Crippen LogP) is 5.63. The summed E-state index contributed by atoms with van der Waals surface area (Å²) in [5.41, 5.74) is 7.33. The molecule has 1 aliphatic rings. The Labute approximate surface area is 211 Å². The van der Waals surface area contributed by atoms with Gasteiger partial charge in [0.15, 0.2) is 5.82 Å². The lowest BCUT2D eigenvalue weighted by molar-refractivity contribution is 0.122. The highest BCUT2D eigenvalue weighted by atomic mass is 35.5. The first kappa shape index (κ1) is 22.0. The highest BCUT2D eigenvalue weighted by molar-refractivity contribution is 7.17. The normalized spacial score (nSPS) is 14.4. The van der Waals surface area contributed by atoms with Crippen molar-refractivity contribution >= 4 is 62.0 Å². The van der Waals surface area contributed by atoms with Crippen LogP contribution in [-0.4, -0.2) is 47.1 Å². The molecule has 4 heterocycles. The summed E-state index contributed by atoms with van der Waals surface area (Å²) in [6.45, 7) is 3.80. The topological polar surface area (TPSA) is 67.6 Å². The van der Waals surface area contributed by atoms with Gasteiger partial charge in [-0.05, 0) is 35.2 Å². The third-order valence-electron chi connectivity index (χ3n) is 6.05. The average molecular weight is 503 g/mol. The molecule has 35 heavy (non-hydrogen) atoms. The van der Waals surface area contributed by atoms with Gasteiger partial charge in [0.2, 0.25) is 5.95 Å². The van der Waals surface area contributed by atoms with Crippen LogP contribution in [0.2, 0.25) is 5.02 Å². The molecule has 2 aromatic carbocycles. The van der Waals surface area contributed by atoms with Crippen molar-refractivity contribution in [2.75, 3.05) is 36.6 Å². The Morgan fingerprint density at radius 2 is 1.89 bits per heavy atom. The lowest BCUT2D eigenvalue weighted by Crippen LogP contribution is -2.36. The summed E-state index contributed by atoms with van der Waals surface area (Å²) in [4.78, 5) is 11.7. The Kier molecular flexibility index (Phi) is 6.08. The Hall–Kier alpha value is -3.46. The number of ether oxygens (including phenoxy) is 1. The van der Waals surface area contributed by atoms with Gasteiger partial charge in [-0.2, -0.15) is 10.1 Å². The molecule has 5 aromatic rings. The van der Waals surface area contributed by atoms with E-state index in [9.17, 15) is 0 Å². The molecule has 1 aliphatic heterocycles. The molecule has 176 valence electrons. The molecule has 1 fully saturated rings. The SMILES string of the molecule is Clc1ccc(Cn2cc(/C=N/Nc3nc(N4CCOCC4)c4sccc4n3)c3ccccc32)cc1. The molecule has 0 saturated carbocycles. The van der Waals surface area contributed by atoms with Gasteiger partial charge in [0.1, 0.15) is 0 Å². The second kappa shape index (κ2) is 9.65. The summed E-state index contributed by atoms with van der Waals surface area (Å²) in [5, 5.41) is 8.42. The molecule has 0 radical (unpaired) electrons. The number of aromatic nitrogens is 3. The Morgan fingerprint density at radius 3 is 2.74 bits per heavy atom. The quantitative estimate of drug-likeness (QED) is 0.241. The van der Waals surface area contributed by atoms with Crippen molar-refractivity contribution in [2.45, 2.75) is 6.54 Å². The number of benzene rings is 2. The maximum atomic E-state index is 6.05. The summed E-state index contributed by atoms with van der Waals surface area (Å²) in [7, 11) is 0. The number of anilines is 2. The number of hydrogen-bond acceptors (Lipinski definition) is 7. The largest absolute Gasteiger partial charge is 0.378 e. The first-order valence-corrected chi connectivity index (χ1v) is 12.7. The summed E-state index contributed by atoms with van der Waals surface area (Å²) >= 11 is 7.71. The van der Waals surface area contributed by atoms with Crippen molar-refractivity contribution < 1.29 is 4.74 Å². The number of nitrogens with one attached hydrogen (secondary N) is 1. The van der Waals surface area contributed by atoms with Crippen LogP contribution in [0.4, 0.5) is 11.8 Å². The number of halogens is 1. The van der Waals surface area contributed by atoms with Gasteiger partial charge in [-0.1, -0.05) is 41.9 Å². The Bertz CT molecular complexity index is 1500. The van der Waals surface area contributed by atoms with Gasteiger partial charge >= 0.3 is 0 Å². The van der Waals surface area contributed by atoms with E-state index in [0.717, 1.165) is 57.2 Å². The van der Waals surface area contributed by atoms with Gasteiger partial charge in [0.25, 0.3) is 0 Å². The zero-order chi connectivity index (χ0) is 23.6. The van der Waals surface area contributed by atoms with Crippen LogP contribution in [0.25, 0.3) is 21.1 Å². The smallest absolute Gasteiger partial charge is 0.246 e. The highest BCUT2D eigenvalue weighted by Gasteiger charge is 2.18. The van der Waals surface area contributed by atoms with Crippen LogP contribution in [-0.2, 0) is 11.3 Å². The molecule has 0 bridgehead atoms. The molecule has 0 unspecified atom stereocenters. The minimum absolute atomic E-state index is 0.485. The fourth-order valence-corrected chi connectivity index (χ4v) is 5.32. The molecule has 0 amide bonds. The van der Waals surface area contributed by atoms with Gasteiger partial charge in [-0.25, -0.2) is 10.4 Å². The lowest BCUT2D eigenvalue weighted by atomic mass is 10.2. The van der Waals surface area contributed by atoms with E-state index in [1.54, 1.807) is 11.3 Å². The van der Waals surface area contributed by atoms with Crippen LogP contribution in [0.1, 0.15) is 11.1 Å². The van der Waals surface area contributed by atoms with E-state index < -0.39 is 0 Å². The molecule has 0 atom stereocenters. The van der Waals surface area contributed by atoms with Crippen molar-refractivity contribution in [3.05, 3.63) is 82.3 Å². The minimum Gasteiger partial charge on any atom is -0.378 e. The van der Waals surface area contributed by atoms with Crippen LogP contribution in [0.3, 0.4) is 0 Å². The van der Waals surface area contributed by atoms with Crippen molar-refractivity contribution in [3.63, 3.8) is 0 Å². The van der Waals surface area contributed by atoms with E-state index in [2.05, 4.69) is 61.5 Å². The second-order valence-electron chi connectivity index (χ2n) is 8.33. The molecule has 3 aromatic heterocycles. The number of hydrazone groups is 1. The zero-order valence-corrected chi connectivity index (χ0v) is 20.5. The van der Waals surface area contributed by atoms with Crippen molar-refractivity contribution in [1.82, 2.24) is 14.5 Å². The lowest BCUT2D eigenvalue weighted by Gasteiger charge is -2.28. The molecule has 0 aliphatic carbocycles. The molecule has 0 spiro atoms. The Morgan fingerprint density at radius 1 is 1.06 bits per heavy atom. The zero-order valence-electron chi connectivity index (χ0n) is 18.9. The minimum atomic E-state index is 0.485. The van der Waals surface area contributed by atoms with Crippen molar-refractivity contribution in [2.24, 2.45) is 5.10 Å². The van der Waals surface area contributed by atoms with Crippen molar-refractivity contribution in [1.29, 1.82) is 0 Å². The highest BCUT2D eigenvalue weighted by Crippen LogP contribution is 2.30. The average Bonchev–Trinajstić information content (AvgIpc) is 3.51. The maximum absolute atomic E-state index is 6.05. The first-order valence-electron chi connectivity index (χ1n) is 11.4. The number of nitrogens with zero attached hydrogens (tertiary/aromatic N) is 5. The van der Waals surface area contributed by atoms with Crippen LogP contribution >= 0.6 is 22.9 Å². The third-order valence-corrected chi connectivity index (χ3v) is 7.20. The van der Waals surface area contributed by atoms with Crippen molar-refractivity contribution in [3.8, 4) is 0 Å². The van der Waals surface area contributed by atoms with Gasteiger partial charge in [-0.3, -0.25) is 0 Å². The fourth-order valence-electron chi connectivity index (χ4n) is 4.34. The van der Waals surface area contributed by atoms with E-state index >= 15 is 0 Å². The van der Waals surface area contributed by atoms with Crippen LogP contribution in [0.5, 0.6) is 0 Å². The molecular formula is C26H23ClN6OS. The van der Waals surface area contributed by atoms with Gasteiger partial charge in [0.05, 0.1) is 29.6 Å². The monoisotopic (exact) mass is 502 g/mol. The molecule has 7 nitrogen and oxygen atoms in total. The van der Waals surface area contributed by atoms with E-state index in [1.165, 1.54) is 5.56 Å². The molecule has 6 rings (SSSR count). The maximum Gasteiger partial charge on any atom is 0.246 e. The predicted molar refractivity (Wildman–Crippen MR) is 144 cm³/mol. The van der Waals surface area contributed by atoms with E-state index in [1.807, 2.05) is 35.9 Å². The molecule has 1 saturated heterocycles. The number of rotatable bonds is 6. The number of hydrogen-bond donors (Lipinski definition) is 1. The number of morpholine rings is 1. The summed E-state index contributed by atoms with van der Waals surface area (Å²) < 4.78 is 8.83. The molecular weight excluding hydrogens is 480 g/mol. The van der Waals surface area contributed by atoms with E-state index in [0.29, 0.717) is 19.2 Å². The van der Waals surface area contributed by atoms with Crippen LogP contribution in [0.15, 0.2) is 71.3 Å². The molecule has 9 heteroatoms. The van der Waals surface area contributed by atoms with Gasteiger partial charge < -0.3 is 14.2 Å². The second-order valence-corrected chi connectivity index (χ2v) is 9.68. The number of para-hydroxylation sites is 1. The van der Waals surface area contributed by atoms with Crippen LogP contribution in [0, 0.1) is 0 Å². The third kappa shape index (κ3) is 4.60. The molecule has 1 N–H and O–H groups in total. The standard InChI is InChI=1S/C26H23ClN6OS/c27-20-7-5-18(6-8-20)16-33-17-19(21-3-1-2-4-23(21)33)15-28-31-26-29-22-9-14-35-24(22)25(30-26)32-10-12-34-13-11-32/h1-9,14-15,17H,10-13,16H2,(H,29,30,31)/b28-15+. The summed E-state index contributed by atoms with van der Waals surface area (Å²) in [6, 6.07) is 18.3. The Balaban J connectivity index is 1.27. The number of fused-ring (bicyclic) bond motifs is 2. The van der Waals surface area contributed by atoms with Gasteiger partial charge in [-0.15, -0.1) is 11.3 Å². The first-order chi connectivity index (χ1) is 17.2.